The Labute approximate surface area is 96.4 Å². The molecule has 0 bridgehead atoms. The van der Waals surface area contributed by atoms with E-state index in [1.807, 2.05) is 6.07 Å². The minimum atomic E-state index is -3.27. The fourth-order valence-corrected chi connectivity index (χ4v) is 1.96. The van der Waals surface area contributed by atoms with Gasteiger partial charge >= 0.3 is 0 Å². The summed E-state index contributed by atoms with van der Waals surface area (Å²) in [5.41, 5.74) is -0.502. The highest BCUT2D eigenvalue weighted by Gasteiger charge is 2.24. The molecular weight excluding hydrogens is 226 g/mol. The number of hydrogen-bond acceptors (Lipinski definition) is 3. The van der Waals surface area contributed by atoms with Crippen LogP contribution in [0.2, 0.25) is 0 Å². The molecule has 0 fully saturated rings. The molecule has 16 heavy (non-hydrogen) atoms. The van der Waals surface area contributed by atoms with Gasteiger partial charge in [-0.2, -0.15) is 0 Å². The van der Waals surface area contributed by atoms with E-state index in [0.29, 0.717) is 5.56 Å². The first-order chi connectivity index (χ1) is 7.37. The summed E-state index contributed by atoms with van der Waals surface area (Å²) in [6.45, 7) is 3.12. The van der Waals surface area contributed by atoms with Crippen LogP contribution in [0.4, 0.5) is 0 Å². The van der Waals surface area contributed by atoms with E-state index in [4.69, 9.17) is 0 Å². The molecule has 0 radical (unpaired) electrons. The summed E-state index contributed by atoms with van der Waals surface area (Å²) in [5, 5.41) is 10.1. The zero-order chi connectivity index (χ0) is 12.2. The third-order valence-electron chi connectivity index (χ3n) is 2.41. The van der Waals surface area contributed by atoms with Crippen molar-refractivity contribution in [1.29, 1.82) is 0 Å². The largest absolute Gasteiger partial charge is 0.384 e. The van der Waals surface area contributed by atoms with Gasteiger partial charge in [-0.25, -0.2) is 13.1 Å². The first-order valence-electron chi connectivity index (χ1n) is 5.12. The number of sulfonamides is 1. The zero-order valence-corrected chi connectivity index (χ0v) is 10.3. The third kappa shape index (κ3) is 3.59. The molecule has 0 spiro atoms. The first-order valence-corrected chi connectivity index (χ1v) is 6.78. The normalized spacial score (nSPS) is 15.7. The van der Waals surface area contributed by atoms with Crippen molar-refractivity contribution in [1.82, 2.24) is 4.72 Å². The van der Waals surface area contributed by atoms with Gasteiger partial charge in [0, 0.05) is 6.54 Å². The van der Waals surface area contributed by atoms with Crippen LogP contribution in [0.15, 0.2) is 30.3 Å². The van der Waals surface area contributed by atoms with E-state index in [-0.39, 0.29) is 12.3 Å². The molecule has 0 saturated carbocycles. The van der Waals surface area contributed by atoms with Gasteiger partial charge in [-0.05, 0) is 19.4 Å². The Bertz CT molecular complexity index is 426. The molecule has 4 nitrogen and oxygen atoms in total. The predicted molar refractivity (Wildman–Crippen MR) is 63.5 cm³/mol. The average molecular weight is 243 g/mol. The van der Waals surface area contributed by atoms with Gasteiger partial charge in [-0.3, -0.25) is 0 Å². The van der Waals surface area contributed by atoms with Crippen LogP contribution in [0.5, 0.6) is 0 Å². The maximum atomic E-state index is 11.3. The molecule has 1 aromatic rings. The highest BCUT2D eigenvalue weighted by atomic mass is 32.2. The second-order valence-corrected chi connectivity index (χ2v) is 5.96. The van der Waals surface area contributed by atoms with Gasteiger partial charge in [-0.15, -0.1) is 0 Å². The Morgan fingerprint density at radius 2 is 1.88 bits per heavy atom. The molecule has 2 N–H and O–H groups in total. The number of aliphatic hydroxyl groups is 1. The van der Waals surface area contributed by atoms with Crippen LogP contribution in [-0.2, 0) is 15.6 Å². The SMILES string of the molecule is CCS(=O)(=O)NCC(C)(O)c1ccccc1. The van der Waals surface area contributed by atoms with E-state index < -0.39 is 15.6 Å². The molecule has 0 amide bonds. The maximum absolute atomic E-state index is 11.3. The molecule has 1 aromatic carbocycles. The number of benzene rings is 1. The first kappa shape index (κ1) is 13.2. The lowest BCUT2D eigenvalue weighted by Crippen LogP contribution is -2.39. The van der Waals surface area contributed by atoms with E-state index in [0.717, 1.165) is 0 Å². The van der Waals surface area contributed by atoms with Crippen LogP contribution < -0.4 is 4.72 Å². The van der Waals surface area contributed by atoms with E-state index in [1.54, 1.807) is 38.1 Å². The van der Waals surface area contributed by atoms with Gasteiger partial charge < -0.3 is 5.11 Å². The molecule has 0 heterocycles. The van der Waals surface area contributed by atoms with Crippen molar-refractivity contribution in [3.05, 3.63) is 35.9 Å². The van der Waals surface area contributed by atoms with Crippen molar-refractivity contribution in [2.24, 2.45) is 0 Å². The Balaban J connectivity index is 2.74. The molecular formula is C11H17NO3S. The molecule has 0 saturated heterocycles. The molecule has 5 heteroatoms. The van der Waals surface area contributed by atoms with Crippen molar-refractivity contribution in [2.45, 2.75) is 19.4 Å². The van der Waals surface area contributed by atoms with Crippen molar-refractivity contribution < 1.29 is 13.5 Å². The van der Waals surface area contributed by atoms with Crippen LogP contribution >= 0.6 is 0 Å². The molecule has 0 aliphatic rings. The van der Waals surface area contributed by atoms with Crippen molar-refractivity contribution >= 4 is 10.0 Å². The molecule has 1 atom stereocenters. The molecule has 1 unspecified atom stereocenters. The molecule has 90 valence electrons. The second kappa shape index (κ2) is 4.95. The summed E-state index contributed by atoms with van der Waals surface area (Å²) in [7, 11) is -3.27. The smallest absolute Gasteiger partial charge is 0.211 e. The fraction of sp³-hybridized carbons (Fsp3) is 0.455. The van der Waals surface area contributed by atoms with Gasteiger partial charge in [-0.1, -0.05) is 30.3 Å². The maximum Gasteiger partial charge on any atom is 0.211 e. The average Bonchev–Trinajstić information content (AvgIpc) is 2.28. The van der Waals surface area contributed by atoms with Gasteiger partial charge in [0.05, 0.1) is 5.75 Å². The van der Waals surface area contributed by atoms with Gasteiger partial charge in [0.1, 0.15) is 5.60 Å². The van der Waals surface area contributed by atoms with Crippen LogP contribution in [0.25, 0.3) is 0 Å². The molecule has 0 aliphatic carbocycles. The predicted octanol–water partition coefficient (Wildman–Crippen LogP) is 0.833. The monoisotopic (exact) mass is 243 g/mol. The van der Waals surface area contributed by atoms with Crippen molar-refractivity contribution in [3.63, 3.8) is 0 Å². The Morgan fingerprint density at radius 1 is 1.31 bits per heavy atom. The summed E-state index contributed by atoms with van der Waals surface area (Å²) >= 11 is 0. The van der Waals surface area contributed by atoms with Gasteiger partial charge in [0.2, 0.25) is 10.0 Å². The lowest BCUT2D eigenvalue weighted by atomic mass is 9.97. The topological polar surface area (TPSA) is 66.4 Å². The van der Waals surface area contributed by atoms with Gasteiger partial charge in [0.25, 0.3) is 0 Å². The van der Waals surface area contributed by atoms with Crippen LogP contribution in [0.1, 0.15) is 19.4 Å². The van der Waals surface area contributed by atoms with Crippen LogP contribution in [-0.4, -0.2) is 25.8 Å². The molecule has 0 aliphatic heterocycles. The van der Waals surface area contributed by atoms with Gasteiger partial charge in [0.15, 0.2) is 0 Å². The minimum Gasteiger partial charge on any atom is -0.384 e. The highest BCUT2D eigenvalue weighted by molar-refractivity contribution is 7.89. The van der Waals surface area contributed by atoms with E-state index in [2.05, 4.69) is 4.72 Å². The van der Waals surface area contributed by atoms with E-state index in [1.165, 1.54) is 0 Å². The lowest BCUT2D eigenvalue weighted by molar-refractivity contribution is 0.0627. The summed E-state index contributed by atoms with van der Waals surface area (Å²) in [6.07, 6.45) is 0. The van der Waals surface area contributed by atoms with E-state index >= 15 is 0 Å². The summed E-state index contributed by atoms with van der Waals surface area (Å²) < 4.78 is 24.9. The summed E-state index contributed by atoms with van der Waals surface area (Å²) in [4.78, 5) is 0. The lowest BCUT2D eigenvalue weighted by Gasteiger charge is -2.23. The highest BCUT2D eigenvalue weighted by Crippen LogP contribution is 2.19. The number of nitrogens with one attached hydrogen (secondary N) is 1. The third-order valence-corrected chi connectivity index (χ3v) is 3.76. The van der Waals surface area contributed by atoms with Crippen LogP contribution in [0, 0.1) is 0 Å². The Morgan fingerprint density at radius 3 is 2.38 bits per heavy atom. The standard InChI is InChI=1S/C11H17NO3S/c1-3-16(14,15)12-9-11(2,13)10-7-5-4-6-8-10/h4-8,12-13H,3,9H2,1-2H3. The second-order valence-electron chi connectivity index (χ2n) is 3.86. The fourth-order valence-electron chi connectivity index (χ4n) is 1.25. The Kier molecular flexibility index (Phi) is 4.07. The summed E-state index contributed by atoms with van der Waals surface area (Å²) in [6, 6.07) is 8.98. The van der Waals surface area contributed by atoms with Crippen molar-refractivity contribution in [3.8, 4) is 0 Å². The molecule has 1 rings (SSSR count). The zero-order valence-electron chi connectivity index (χ0n) is 9.47. The summed E-state index contributed by atoms with van der Waals surface area (Å²) in [5.74, 6) is 0.0118. The van der Waals surface area contributed by atoms with E-state index in [9.17, 15) is 13.5 Å². The van der Waals surface area contributed by atoms with Crippen molar-refractivity contribution in [2.75, 3.05) is 12.3 Å². The number of hydrogen-bond donors (Lipinski definition) is 2. The molecule has 0 aromatic heterocycles. The minimum absolute atomic E-state index is 0.0118. The Hall–Kier alpha value is -0.910. The number of rotatable bonds is 5. The van der Waals surface area contributed by atoms with Crippen LogP contribution in [0.3, 0.4) is 0 Å². The quantitative estimate of drug-likeness (QED) is 0.805.